The van der Waals surface area contributed by atoms with Crippen LogP contribution in [0, 0.1) is 0 Å². The predicted octanol–water partition coefficient (Wildman–Crippen LogP) is 3.73. The van der Waals surface area contributed by atoms with E-state index in [9.17, 15) is 24.3 Å². The van der Waals surface area contributed by atoms with Gasteiger partial charge in [0, 0.05) is 12.0 Å². The second kappa shape index (κ2) is 10.8. The number of rotatable bonds is 8. The Hall–Kier alpha value is -4.20. The summed E-state index contributed by atoms with van der Waals surface area (Å²) in [5.41, 5.74) is 0.0774. The number of carbonyl (C=O) groups excluding carboxylic acids is 3. The third-order valence-electron chi connectivity index (χ3n) is 5.12. The maximum atomic E-state index is 13.2. The highest BCUT2D eigenvalue weighted by molar-refractivity contribution is 6.13. The Morgan fingerprint density at radius 1 is 0.857 bits per heavy atom. The van der Waals surface area contributed by atoms with Gasteiger partial charge in [0.2, 0.25) is 5.91 Å². The molecule has 0 aliphatic heterocycles. The lowest BCUT2D eigenvalue weighted by molar-refractivity contribution is -0.140. The molecule has 8 nitrogen and oxygen atoms in total. The zero-order chi connectivity index (χ0) is 25.6. The summed E-state index contributed by atoms with van der Waals surface area (Å²) in [6.45, 7) is 5.05. The number of alkyl carbamates (subject to hydrolysis) is 1. The van der Waals surface area contributed by atoms with E-state index in [0.29, 0.717) is 0 Å². The molecule has 3 N–H and O–H groups in total. The SMILES string of the molecule is CC(C)(C)OC(=O)NC(Cc1ccc2ccccc2c1)C(=O)NC(C(=O)O)C(=O)c1ccccc1. The molecule has 2 unspecified atom stereocenters. The lowest BCUT2D eigenvalue weighted by atomic mass is 10.00. The second-order valence-electron chi connectivity index (χ2n) is 9.09. The molecule has 3 rings (SSSR count). The Balaban J connectivity index is 1.85. The van der Waals surface area contributed by atoms with Crippen LogP contribution in [0.1, 0.15) is 36.7 Å². The fraction of sp³-hybridized carbons (Fsp3) is 0.259. The smallest absolute Gasteiger partial charge is 0.408 e. The van der Waals surface area contributed by atoms with Gasteiger partial charge in [-0.25, -0.2) is 9.59 Å². The van der Waals surface area contributed by atoms with Gasteiger partial charge in [-0.3, -0.25) is 9.59 Å². The summed E-state index contributed by atoms with van der Waals surface area (Å²) in [6, 6.07) is 18.1. The van der Waals surface area contributed by atoms with Crippen LogP contribution in [-0.2, 0) is 20.7 Å². The third kappa shape index (κ3) is 7.14. The maximum Gasteiger partial charge on any atom is 0.408 e. The minimum absolute atomic E-state index is 0.0573. The summed E-state index contributed by atoms with van der Waals surface area (Å²) in [5, 5.41) is 16.4. The summed E-state index contributed by atoms with van der Waals surface area (Å²) in [6.07, 6.45) is -0.776. The molecule has 2 atom stereocenters. The number of carboxylic acids is 1. The molecule has 0 fully saturated rings. The van der Waals surface area contributed by atoms with Crippen molar-refractivity contribution < 1.29 is 29.0 Å². The first kappa shape index (κ1) is 25.4. The van der Waals surface area contributed by atoms with Gasteiger partial charge < -0.3 is 20.5 Å². The van der Waals surface area contributed by atoms with E-state index < -0.39 is 41.4 Å². The molecule has 2 amide bonds. The van der Waals surface area contributed by atoms with Crippen molar-refractivity contribution in [2.45, 2.75) is 44.9 Å². The second-order valence-corrected chi connectivity index (χ2v) is 9.09. The van der Waals surface area contributed by atoms with Gasteiger partial charge in [-0.05, 0) is 37.1 Å². The van der Waals surface area contributed by atoms with E-state index in [0.717, 1.165) is 16.3 Å². The summed E-state index contributed by atoms with van der Waals surface area (Å²) in [5.74, 6) is -3.09. The maximum absolute atomic E-state index is 13.2. The van der Waals surface area contributed by atoms with Crippen LogP contribution in [-0.4, -0.2) is 46.5 Å². The number of fused-ring (bicyclic) bond motifs is 1. The molecule has 3 aromatic rings. The molecule has 0 spiro atoms. The molecular weight excluding hydrogens is 448 g/mol. The standard InChI is InChI=1S/C27H28N2O6/c1-27(2,3)35-26(34)28-21(16-17-13-14-18-9-7-8-12-20(18)15-17)24(31)29-22(25(32)33)23(30)19-10-5-4-6-11-19/h4-15,21-22H,16H2,1-3H3,(H,28,34)(H,29,31)(H,32,33). The molecule has 0 aliphatic carbocycles. The van der Waals surface area contributed by atoms with Crippen LogP contribution in [0.2, 0.25) is 0 Å². The van der Waals surface area contributed by atoms with E-state index in [1.165, 1.54) is 12.1 Å². The minimum atomic E-state index is -1.82. The predicted molar refractivity (Wildman–Crippen MR) is 131 cm³/mol. The normalized spacial score (nSPS) is 12.9. The van der Waals surface area contributed by atoms with E-state index in [1.54, 1.807) is 39.0 Å². The topological polar surface area (TPSA) is 122 Å². The van der Waals surface area contributed by atoms with E-state index >= 15 is 0 Å². The number of Topliss-reactive ketones (excluding diaryl/α,β-unsaturated/α-hetero) is 1. The first-order valence-electron chi connectivity index (χ1n) is 11.1. The minimum Gasteiger partial charge on any atom is -0.479 e. The van der Waals surface area contributed by atoms with Crippen molar-refractivity contribution in [3.05, 3.63) is 83.9 Å². The summed E-state index contributed by atoms with van der Waals surface area (Å²) < 4.78 is 5.28. The van der Waals surface area contributed by atoms with Crippen LogP contribution in [0.3, 0.4) is 0 Å². The average molecular weight is 477 g/mol. The van der Waals surface area contributed by atoms with Crippen molar-refractivity contribution in [2.75, 3.05) is 0 Å². The van der Waals surface area contributed by atoms with Gasteiger partial charge in [0.05, 0.1) is 0 Å². The Morgan fingerprint density at radius 3 is 2.11 bits per heavy atom. The number of benzene rings is 3. The van der Waals surface area contributed by atoms with E-state index in [1.807, 2.05) is 42.5 Å². The molecule has 0 radical (unpaired) electrons. The highest BCUT2D eigenvalue weighted by Crippen LogP contribution is 2.17. The van der Waals surface area contributed by atoms with Crippen LogP contribution in [0.25, 0.3) is 10.8 Å². The number of carboxylic acid groups (broad SMARTS) is 1. The summed E-state index contributed by atoms with van der Waals surface area (Å²) >= 11 is 0. The van der Waals surface area contributed by atoms with Crippen molar-refractivity contribution in [2.24, 2.45) is 0 Å². The van der Waals surface area contributed by atoms with Gasteiger partial charge in [-0.2, -0.15) is 0 Å². The highest BCUT2D eigenvalue weighted by atomic mass is 16.6. The van der Waals surface area contributed by atoms with Crippen LogP contribution < -0.4 is 10.6 Å². The third-order valence-corrected chi connectivity index (χ3v) is 5.12. The van der Waals surface area contributed by atoms with Crippen molar-refractivity contribution in [1.29, 1.82) is 0 Å². The van der Waals surface area contributed by atoms with Gasteiger partial charge in [0.1, 0.15) is 11.6 Å². The average Bonchev–Trinajstić information content (AvgIpc) is 2.80. The molecule has 3 aromatic carbocycles. The van der Waals surface area contributed by atoms with Crippen molar-refractivity contribution in [3.8, 4) is 0 Å². The van der Waals surface area contributed by atoms with Gasteiger partial charge in [0.25, 0.3) is 0 Å². The fourth-order valence-electron chi connectivity index (χ4n) is 3.51. The summed E-state index contributed by atoms with van der Waals surface area (Å²) in [4.78, 5) is 50.2. The van der Waals surface area contributed by atoms with Crippen molar-refractivity contribution >= 4 is 34.5 Å². The number of ether oxygens (including phenoxy) is 1. The van der Waals surface area contributed by atoms with E-state index in [-0.39, 0.29) is 12.0 Å². The van der Waals surface area contributed by atoms with Gasteiger partial charge in [-0.1, -0.05) is 72.8 Å². The van der Waals surface area contributed by atoms with Crippen LogP contribution in [0.5, 0.6) is 0 Å². The highest BCUT2D eigenvalue weighted by Gasteiger charge is 2.33. The molecule has 0 saturated heterocycles. The Morgan fingerprint density at radius 2 is 1.49 bits per heavy atom. The van der Waals surface area contributed by atoms with Crippen LogP contribution in [0.15, 0.2) is 72.8 Å². The molecule has 0 bridgehead atoms. The van der Waals surface area contributed by atoms with Crippen LogP contribution in [0.4, 0.5) is 4.79 Å². The molecule has 35 heavy (non-hydrogen) atoms. The van der Waals surface area contributed by atoms with Crippen molar-refractivity contribution in [1.82, 2.24) is 10.6 Å². The Kier molecular flexibility index (Phi) is 7.86. The lowest BCUT2D eigenvalue weighted by Gasteiger charge is -2.24. The van der Waals surface area contributed by atoms with Gasteiger partial charge >= 0.3 is 12.1 Å². The lowest BCUT2D eigenvalue weighted by Crippen LogP contribution is -2.55. The molecule has 0 saturated carbocycles. The summed E-state index contributed by atoms with van der Waals surface area (Å²) in [7, 11) is 0. The molecule has 0 aliphatic rings. The number of carbonyl (C=O) groups is 4. The number of amides is 2. The molecule has 0 aromatic heterocycles. The Labute approximate surface area is 203 Å². The number of aliphatic carboxylic acids is 1. The molecule has 8 heteroatoms. The van der Waals surface area contributed by atoms with Gasteiger partial charge in [-0.15, -0.1) is 0 Å². The first-order valence-corrected chi connectivity index (χ1v) is 11.1. The van der Waals surface area contributed by atoms with Gasteiger partial charge in [0.15, 0.2) is 11.8 Å². The molecular formula is C27H28N2O6. The van der Waals surface area contributed by atoms with E-state index in [2.05, 4.69) is 10.6 Å². The first-order chi connectivity index (χ1) is 16.5. The fourth-order valence-corrected chi connectivity index (χ4v) is 3.51. The van der Waals surface area contributed by atoms with Crippen molar-refractivity contribution in [3.63, 3.8) is 0 Å². The zero-order valence-electron chi connectivity index (χ0n) is 19.8. The largest absolute Gasteiger partial charge is 0.479 e. The molecule has 0 heterocycles. The molecule has 182 valence electrons. The number of ketones is 1. The monoisotopic (exact) mass is 476 g/mol. The Bertz CT molecular complexity index is 1230. The number of nitrogens with one attached hydrogen (secondary N) is 2. The quantitative estimate of drug-likeness (QED) is 0.336. The number of hydrogen-bond donors (Lipinski definition) is 3. The number of hydrogen-bond acceptors (Lipinski definition) is 5. The van der Waals surface area contributed by atoms with E-state index in [4.69, 9.17) is 4.74 Å². The zero-order valence-corrected chi connectivity index (χ0v) is 19.8. The van der Waals surface area contributed by atoms with Crippen LogP contribution >= 0.6 is 0 Å².